The number of hydrogen-bond donors (Lipinski definition) is 0. The molecule has 2 aromatic carbocycles. The topological polar surface area (TPSA) is 196 Å². The Kier molecular flexibility index (Phi) is 7.30. The number of methoxy groups -OCH3 is 2. The van der Waals surface area contributed by atoms with Crippen molar-refractivity contribution in [2.45, 2.75) is 0 Å². The summed E-state index contributed by atoms with van der Waals surface area (Å²) in [5.74, 6) is -3.48. The molecular formula is C20H14N5O10-. The van der Waals surface area contributed by atoms with Crippen molar-refractivity contribution in [2.24, 2.45) is 9.98 Å². The molecule has 0 aromatic heterocycles. The van der Waals surface area contributed by atoms with Gasteiger partial charge in [-0.05, 0) is 48.5 Å². The number of ether oxygens (including phenoxy) is 4. The van der Waals surface area contributed by atoms with Gasteiger partial charge in [-0.25, -0.2) is 9.59 Å². The highest BCUT2D eigenvalue weighted by Gasteiger charge is 2.30. The maximum absolute atomic E-state index is 11.6. The van der Waals surface area contributed by atoms with Crippen molar-refractivity contribution in [3.8, 4) is 11.5 Å². The number of benzene rings is 2. The van der Waals surface area contributed by atoms with Crippen LogP contribution in [0.5, 0.6) is 11.5 Å². The standard InChI is InChI=1S/C20H14N5O10/c1-32-17(26)11-3-7-13(8-4-11)34-19-21-15(16(24(28)29)25(30)31)22-20(23-19)35-14-9-5-12(6-10-14)18(27)33-2/h3-10H,1-2H3/q-1. The lowest BCUT2D eigenvalue weighted by molar-refractivity contribution is -0.617. The van der Waals surface area contributed by atoms with Gasteiger partial charge in [0.05, 0.1) is 25.3 Å². The average molecular weight is 484 g/mol. The molecule has 0 saturated carbocycles. The zero-order valence-electron chi connectivity index (χ0n) is 17.9. The molecule has 0 spiro atoms. The van der Waals surface area contributed by atoms with Gasteiger partial charge >= 0.3 is 17.8 Å². The largest absolute Gasteiger partial charge is 0.571 e. The quantitative estimate of drug-likeness (QED) is 0.333. The van der Waals surface area contributed by atoms with Gasteiger partial charge in [0.2, 0.25) is 0 Å². The minimum atomic E-state index is -1.54. The van der Waals surface area contributed by atoms with Gasteiger partial charge in [-0.1, -0.05) is 0 Å². The molecule has 1 heterocycles. The molecule has 1 aliphatic rings. The van der Waals surface area contributed by atoms with Crippen LogP contribution >= 0.6 is 0 Å². The molecule has 0 atom stereocenters. The van der Waals surface area contributed by atoms with E-state index in [0.29, 0.717) is 0 Å². The van der Waals surface area contributed by atoms with Crippen LogP contribution in [0.25, 0.3) is 5.32 Å². The van der Waals surface area contributed by atoms with Crippen LogP contribution in [0.1, 0.15) is 20.7 Å². The summed E-state index contributed by atoms with van der Waals surface area (Å²) in [7, 11) is 2.42. The number of rotatable bonds is 6. The minimum Gasteiger partial charge on any atom is -0.465 e. The predicted molar refractivity (Wildman–Crippen MR) is 116 cm³/mol. The Morgan fingerprint density at radius 1 is 0.743 bits per heavy atom. The smallest absolute Gasteiger partial charge is 0.465 e. The predicted octanol–water partition coefficient (Wildman–Crippen LogP) is 2.50. The van der Waals surface area contributed by atoms with Crippen molar-refractivity contribution in [3.63, 3.8) is 0 Å². The second kappa shape index (κ2) is 10.5. The Balaban J connectivity index is 1.91. The van der Waals surface area contributed by atoms with Crippen molar-refractivity contribution >= 4 is 24.0 Å². The first-order valence-corrected chi connectivity index (χ1v) is 9.36. The second-order valence-corrected chi connectivity index (χ2v) is 6.30. The highest BCUT2D eigenvalue weighted by molar-refractivity contribution is 6.14. The van der Waals surface area contributed by atoms with Gasteiger partial charge in [0.1, 0.15) is 21.3 Å². The van der Waals surface area contributed by atoms with Crippen LogP contribution in [0.4, 0.5) is 0 Å². The van der Waals surface area contributed by atoms with E-state index >= 15 is 0 Å². The first kappa shape index (κ1) is 24.3. The van der Waals surface area contributed by atoms with Crippen LogP contribution in [-0.4, -0.2) is 48.0 Å². The SMILES string of the molecule is COC(=O)c1ccc(OC2=NC(=C([N+](=O)[O-])[N+](=O)[O-])N=C(Oc3ccc(C(=O)OC)cc3)[N-]2)cc1. The van der Waals surface area contributed by atoms with Gasteiger partial charge in [-0.2, -0.15) is 0 Å². The number of aliphatic imine (C=N–C) groups is 2. The molecule has 180 valence electrons. The molecule has 0 aliphatic carbocycles. The highest BCUT2D eigenvalue weighted by atomic mass is 16.7. The third-order valence-electron chi connectivity index (χ3n) is 4.11. The zero-order chi connectivity index (χ0) is 25.5. The normalized spacial score (nSPS) is 12.3. The summed E-state index contributed by atoms with van der Waals surface area (Å²) < 4.78 is 20.0. The van der Waals surface area contributed by atoms with Gasteiger partial charge < -0.3 is 28.9 Å². The minimum absolute atomic E-state index is 0.0898. The summed E-state index contributed by atoms with van der Waals surface area (Å²) in [4.78, 5) is 50.2. The monoisotopic (exact) mass is 484 g/mol. The summed E-state index contributed by atoms with van der Waals surface area (Å²) in [6, 6.07) is 9.77. The van der Waals surface area contributed by atoms with E-state index in [4.69, 9.17) is 9.47 Å². The summed E-state index contributed by atoms with van der Waals surface area (Å²) in [6.45, 7) is 0. The van der Waals surface area contributed by atoms with Gasteiger partial charge in [0, 0.05) is 0 Å². The molecule has 3 rings (SSSR count). The second-order valence-electron chi connectivity index (χ2n) is 6.30. The Bertz CT molecular complexity index is 1170. The third-order valence-corrected chi connectivity index (χ3v) is 4.11. The van der Waals surface area contributed by atoms with E-state index in [9.17, 15) is 29.8 Å². The van der Waals surface area contributed by atoms with Crippen LogP contribution in [0, 0.1) is 20.2 Å². The molecule has 35 heavy (non-hydrogen) atoms. The Morgan fingerprint density at radius 2 is 1.11 bits per heavy atom. The maximum Gasteiger partial charge on any atom is 0.571 e. The lowest BCUT2D eigenvalue weighted by atomic mass is 10.2. The molecule has 0 bridgehead atoms. The number of amidine groups is 2. The maximum atomic E-state index is 11.6. The Hall–Kier alpha value is -5.34. The number of carbonyl (C=O) groups is 2. The number of carbonyl (C=O) groups excluding carboxylic acids is 2. The molecule has 1 aliphatic heterocycles. The fourth-order valence-electron chi connectivity index (χ4n) is 2.52. The highest BCUT2D eigenvalue weighted by Crippen LogP contribution is 2.23. The Labute approximate surface area is 195 Å². The molecule has 15 heteroatoms. The van der Waals surface area contributed by atoms with Crippen molar-refractivity contribution in [1.29, 1.82) is 0 Å². The van der Waals surface area contributed by atoms with Crippen LogP contribution in [-0.2, 0) is 9.47 Å². The van der Waals surface area contributed by atoms with Gasteiger partial charge in [0.25, 0.3) is 0 Å². The van der Waals surface area contributed by atoms with E-state index in [1.807, 2.05) is 0 Å². The fourth-order valence-corrected chi connectivity index (χ4v) is 2.52. The van der Waals surface area contributed by atoms with Gasteiger partial charge in [-0.3, -0.25) is 25.5 Å². The van der Waals surface area contributed by atoms with Crippen LogP contribution in [0.3, 0.4) is 0 Å². The van der Waals surface area contributed by atoms with E-state index in [2.05, 4.69) is 24.8 Å². The lowest BCUT2D eigenvalue weighted by Gasteiger charge is -2.23. The van der Waals surface area contributed by atoms with Crippen LogP contribution in [0.15, 0.2) is 70.2 Å². The van der Waals surface area contributed by atoms with Crippen molar-refractivity contribution in [1.82, 2.24) is 0 Å². The fraction of sp³-hybridized carbons (Fsp3) is 0.100. The first-order chi connectivity index (χ1) is 16.7. The summed E-state index contributed by atoms with van der Waals surface area (Å²) in [6.07, 6.45) is 0. The Morgan fingerprint density at radius 3 is 1.43 bits per heavy atom. The van der Waals surface area contributed by atoms with E-state index in [0.717, 1.165) is 0 Å². The van der Waals surface area contributed by atoms with E-state index in [1.54, 1.807) is 0 Å². The summed E-state index contributed by atoms with van der Waals surface area (Å²) in [5, 5.41) is 26.3. The number of esters is 2. The number of nitro groups is 2. The summed E-state index contributed by atoms with van der Waals surface area (Å²) in [5.41, 5.74) is 0.431. The van der Waals surface area contributed by atoms with Crippen molar-refractivity contribution in [2.75, 3.05) is 14.2 Å². The van der Waals surface area contributed by atoms with E-state index in [-0.39, 0.29) is 22.6 Å². The summed E-state index contributed by atoms with van der Waals surface area (Å²) >= 11 is 0. The molecular weight excluding hydrogens is 470 g/mol. The molecule has 0 amide bonds. The van der Waals surface area contributed by atoms with Gasteiger partial charge in [-0.15, -0.1) is 0 Å². The molecule has 0 saturated heterocycles. The first-order valence-electron chi connectivity index (χ1n) is 9.36. The molecule has 0 radical (unpaired) electrons. The lowest BCUT2D eigenvalue weighted by Crippen LogP contribution is -2.23. The van der Waals surface area contributed by atoms with E-state index in [1.165, 1.54) is 62.8 Å². The van der Waals surface area contributed by atoms with Crippen molar-refractivity contribution < 1.29 is 38.4 Å². The van der Waals surface area contributed by atoms with Crippen LogP contribution in [0.2, 0.25) is 0 Å². The third kappa shape index (κ3) is 5.92. The molecule has 0 N–H and O–H groups in total. The molecule has 0 unspecified atom stereocenters. The molecule has 15 nitrogen and oxygen atoms in total. The van der Waals surface area contributed by atoms with Crippen molar-refractivity contribution in [3.05, 3.63) is 96.8 Å². The number of hydrogen-bond acceptors (Lipinski definition) is 12. The average Bonchev–Trinajstić information content (AvgIpc) is 2.83. The van der Waals surface area contributed by atoms with Crippen LogP contribution < -0.4 is 9.47 Å². The number of nitrogens with zero attached hydrogens (tertiary/aromatic N) is 5. The zero-order valence-corrected chi connectivity index (χ0v) is 17.9. The van der Waals surface area contributed by atoms with Gasteiger partial charge in [0.15, 0.2) is 17.9 Å². The molecule has 2 aromatic rings. The molecule has 0 fully saturated rings. The van der Waals surface area contributed by atoms with E-state index < -0.39 is 45.5 Å².